The lowest BCUT2D eigenvalue weighted by Crippen LogP contribution is -2.34. The van der Waals surface area contributed by atoms with Crippen molar-refractivity contribution < 1.29 is 14.5 Å². The van der Waals surface area contributed by atoms with Gasteiger partial charge in [-0.1, -0.05) is 10.3 Å². The minimum atomic E-state index is -0.667. The van der Waals surface area contributed by atoms with E-state index in [2.05, 4.69) is 20.3 Å². The van der Waals surface area contributed by atoms with Crippen LogP contribution in [-0.2, 0) is 11.3 Å². The van der Waals surface area contributed by atoms with Gasteiger partial charge in [0.15, 0.2) is 0 Å². The molecule has 1 aliphatic rings. The van der Waals surface area contributed by atoms with Crippen LogP contribution in [0.25, 0.3) is 0 Å². The van der Waals surface area contributed by atoms with E-state index in [1.807, 2.05) is 6.92 Å². The second-order valence-electron chi connectivity index (χ2n) is 4.56. The van der Waals surface area contributed by atoms with Crippen molar-refractivity contribution >= 4 is 5.97 Å². The quantitative estimate of drug-likeness (QED) is 0.818. The van der Waals surface area contributed by atoms with Crippen molar-refractivity contribution in [2.24, 2.45) is 5.92 Å². The van der Waals surface area contributed by atoms with Gasteiger partial charge in [0, 0.05) is 12.6 Å². The Morgan fingerprint density at radius 1 is 1.41 bits per heavy atom. The molecule has 17 heavy (non-hydrogen) atoms. The first-order valence-electron chi connectivity index (χ1n) is 5.91. The maximum atomic E-state index is 10.8. The van der Waals surface area contributed by atoms with Gasteiger partial charge in [-0.25, -0.2) is 4.63 Å². The zero-order valence-electron chi connectivity index (χ0n) is 9.85. The molecule has 0 atom stereocenters. The molecule has 94 valence electrons. The van der Waals surface area contributed by atoms with Crippen molar-refractivity contribution in [3.63, 3.8) is 0 Å². The van der Waals surface area contributed by atoms with Crippen molar-refractivity contribution in [2.45, 2.75) is 45.2 Å². The topological polar surface area (TPSA) is 88.3 Å². The summed E-state index contributed by atoms with van der Waals surface area (Å²) in [5.41, 5.74) is 1.63. The summed E-state index contributed by atoms with van der Waals surface area (Å²) in [5, 5.41) is 19.8. The Labute approximate surface area is 99.4 Å². The number of carboxylic acids is 1. The smallest absolute Gasteiger partial charge is 0.306 e. The lowest BCUT2D eigenvalue weighted by molar-refractivity contribution is -0.142. The van der Waals surface area contributed by atoms with E-state index in [4.69, 9.17) is 5.11 Å². The van der Waals surface area contributed by atoms with Crippen molar-refractivity contribution in [3.05, 3.63) is 11.4 Å². The summed E-state index contributed by atoms with van der Waals surface area (Å²) in [6.07, 6.45) is 3.31. The lowest BCUT2D eigenvalue weighted by atomic mass is 9.86. The maximum absolute atomic E-state index is 10.8. The van der Waals surface area contributed by atoms with Crippen LogP contribution in [-0.4, -0.2) is 27.4 Å². The van der Waals surface area contributed by atoms with Crippen LogP contribution in [0.5, 0.6) is 0 Å². The third-order valence-electron chi connectivity index (χ3n) is 3.38. The van der Waals surface area contributed by atoms with Crippen LogP contribution in [0.1, 0.15) is 37.1 Å². The molecule has 6 heteroatoms. The van der Waals surface area contributed by atoms with E-state index >= 15 is 0 Å². The molecule has 1 fully saturated rings. The van der Waals surface area contributed by atoms with Gasteiger partial charge in [0.25, 0.3) is 0 Å². The van der Waals surface area contributed by atoms with Gasteiger partial charge in [-0.2, -0.15) is 0 Å². The monoisotopic (exact) mass is 239 g/mol. The predicted octanol–water partition coefficient (Wildman–Crippen LogP) is 1.11. The number of carbonyl (C=O) groups is 1. The molecule has 0 unspecified atom stereocenters. The normalized spacial score (nSPS) is 24.8. The molecule has 2 rings (SSSR count). The van der Waals surface area contributed by atoms with Gasteiger partial charge in [-0.3, -0.25) is 4.79 Å². The molecule has 1 aromatic rings. The highest BCUT2D eigenvalue weighted by Crippen LogP contribution is 2.24. The van der Waals surface area contributed by atoms with Gasteiger partial charge >= 0.3 is 5.97 Å². The molecule has 1 saturated carbocycles. The van der Waals surface area contributed by atoms with Gasteiger partial charge in [0.1, 0.15) is 11.4 Å². The minimum absolute atomic E-state index is 0.163. The number of aryl methyl sites for hydroxylation is 1. The van der Waals surface area contributed by atoms with Crippen molar-refractivity contribution in [1.29, 1.82) is 0 Å². The molecule has 1 heterocycles. The van der Waals surface area contributed by atoms with E-state index in [0.717, 1.165) is 37.1 Å². The van der Waals surface area contributed by atoms with E-state index in [1.165, 1.54) is 0 Å². The van der Waals surface area contributed by atoms with E-state index in [-0.39, 0.29) is 5.92 Å². The molecule has 6 nitrogen and oxygen atoms in total. The molecule has 1 aromatic heterocycles. The van der Waals surface area contributed by atoms with E-state index < -0.39 is 5.97 Å². The zero-order valence-corrected chi connectivity index (χ0v) is 9.85. The second-order valence-corrected chi connectivity index (χ2v) is 4.56. The molecular weight excluding hydrogens is 222 g/mol. The summed E-state index contributed by atoms with van der Waals surface area (Å²) in [5.74, 6) is -0.830. The third kappa shape index (κ3) is 3.03. The van der Waals surface area contributed by atoms with Crippen molar-refractivity contribution in [3.8, 4) is 0 Å². The van der Waals surface area contributed by atoms with Gasteiger partial charge in [0.2, 0.25) is 0 Å². The van der Waals surface area contributed by atoms with Crippen LogP contribution in [0.15, 0.2) is 4.63 Å². The predicted molar refractivity (Wildman–Crippen MR) is 59.3 cm³/mol. The Hall–Kier alpha value is -1.43. The van der Waals surface area contributed by atoms with Crippen LogP contribution in [0, 0.1) is 12.8 Å². The first-order chi connectivity index (χ1) is 8.16. The molecule has 0 spiro atoms. The molecular formula is C11H17N3O3. The molecule has 0 radical (unpaired) electrons. The highest BCUT2D eigenvalue weighted by atomic mass is 16.6. The lowest BCUT2D eigenvalue weighted by Gasteiger charge is -2.26. The number of hydrogen-bond donors (Lipinski definition) is 2. The largest absolute Gasteiger partial charge is 0.481 e. The molecule has 0 bridgehead atoms. The van der Waals surface area contributed by atoms with Crippen LogP contribution in [0.2, 0.25) is 0 Å². The Morgan fingerprint density at radius 3 is 2.65 bits per heavy atom. The molecule has 0 aliphatic heterocycles. The van der Waals surface area contributed by atoms with Crippen molar-refractivity contribution in [1.82, 2.24) is 15.6 Å². The SMILES string of the molecule is Cc1nonc1CNC1CCC(C(=O)O)CC1. The van der Waals surface area contributed by atoms with Gasteiger partial charge in [0.05, 0.1) is 5.92 Å². The zero-order chi connectivity index (χ0) is 12.3. The summed E-state index contributed by atoms with van der Waals surface area (Å²) < 4.78 is 4.62. The van der Waals surface area contributed by atoms with E-state index in [0.29, 0.717) is 12.6 Å². The van der Waals surface area contributed by atoms with Crippen LogP contribution in [0.4, 0.5) is 0 Å². The first-order valence-corrected chi connectivity index (χ1v) is 5.91. The fraction of sp³-hybridized carbons (Fsp3) is 0.727. The standard InChI is InChI=1S/C11H17N3O3/c1-7-10(14-17-13-7)6-12-9-4-2-8(3-5-9)11(15)16/h8-9,12H,2-6H2,1H3,(H,15,16). The third-order valence-corrected chi connectivity index (χ3v) is 3.38. The average molecular weight is 239 g/mol. The Kier molecular flexibility index (Phi) is 3.73. The van der Waals surface area contributed by atoms with Crippen molar-refractivity contribution in [2.75, 3.05) is 0 Å². The number of nitrogens with zero attached hydrogens (tertiary/aromatic N) is 2. The molecule has 1 aliphatic carbocycles. The fourth-order valence-electron chi connectivity index (χ4n) is 2.20. The Morgan fingerprint density at radius 2 is 2.12 bits per heavy atom. The van der Waals surface area contributed by atoms with Crippen LogP contribution >= 0.6 is 0 Å². The first kappa shape index (κ1) is 12.0. The summed E-state index contributed by atoms with van der Waals surface area (Å²) in [7, 11) is 0. The maximum Gasteiger partial charge on any atom is 0.306 e. The molecule has 2 N–H and O–H groups in total. The summed E-state index contributed by atoms with van der Waals surface area (Å²) in [6, 6.07) is 0.377. The van der Waals surface area contributed by atoms with E-state index in [9.17, 15) is 4.79 Å². The average Bonchev–Trinajstić information content (AvgIpc) is 2.73. The van der Waals surface area contributed by atoms with Crippen LogP contribution in [0.3, 0.4) is 0 Å². The number of aliphatic carboxylic acids is 1. The Bertz CT molecular complexity index is 383. The Balaban J connectivity index is 1.75. The summed E-state index contributed by atoms with van der Waals surface area (Å²) in [6.45, 7) is 2.49. The summed E-state index contributed by atoms with van der Waals surface area (Å²) in [4.78, 5) is 10.8. The van der Waals surface area contributed by atoms with Gasteiger partial charge in [-0.05, 0) is 32.6 Å². The fourth-order valence-corrected chi connectivity index (χ4v) is 2.20. The second kappa shape index (κ2) is 5.27. The molecule has 0 amide bonds. The van der Waals surface area contributed by atoms with Gasteiger partial charge < -0.3 is 10.4 Å². The molecule has 0 aromatic carbocycles. The summed E-state index contributed by atoms with van der Waals surface area (Å²) >= 11 is 0. The number of aromatic nitrogens is 2. The number of hydrogen-bond acceptors (Lipinski definition) is 5. The highest BCUT2D eigenvalue weighted by molar-refractivity contribution is 5.70. The number of rotatable bonds is 4. The van der Waals surface area contributed by atoms with Gasteiger partial charge in [-0.15, -0.1) is 0 Å². The van der Waals surface area contributed by atoms with E-state index in [1.54, 1.807) is 0 Å². The molecule has 0 saturated heterocycles. The van der Waals surface area contributed by atoms with Crippen LogP contribution < -0.4 is 5.32 Å². The number of carboxylic acid groups (broad SMARTS) is 1. The minimum Gasteiger partial charge on any atom is -0.481 e. The number of nitrogens with one attached hydrogen (secondary N) is 1. The highest BCUT2D eigenvalue weighted by Gasteiger charge is 2.25.